The van der Waals surface area contributed by atoms with Crippen LogP contribution in [-0.4, -0.2) is 25.5 Å². The first kappa shape index (κ1) is 21.2. The molecule has 2 aromatic carbocycles. The smallest absolute Gasteiger partial charge is 0.279 e. The van der Waals surface area contributed by atoms with Gasteiger partial charge in [-0.25, -0.2) is 4.68 Å². The Morgan fingerprint density at radius 1 is 1.13 bits per heavy atom. The standard InChI is InChI=1S/C18H13Cl2N5O5/c1-10-14(7-13(24(27)28)8-16(10)25(29)30)18(26)22-17-4-5-21-23(17)9-11-2-3-12(19)6-15(11)20/h2-8H,9H2,1H3,(H,22,26). The molecule has 3 aromatic rings. The van der Waals surface area contributed by atoms with Crippen LogP contribution in [0.5, 0.6) is 0 Å². The van der Waals surface area contributed by atoms with Crippen LogP contribution in [0.25, 0.3) is 0 Å². The van der Waals surface area contributed by atoms with Gasteiger partial charge in [-0.2, -0.15) is 5.10 Å². The second-order valence-corrected chi connectivity index (χ2v) is 7.06. The molecule has 0 spiro atoms. The Balaban J connectivity index is 1.92. The molecule has 1 N–H and O–H groups in total. The maximum Gasteiger partial charge on any atom is 0.279 e. The van der Waals surface area contributed by atoms with Crippen molar-refractivity contribution in [2.75, 3.05) is 5.32 Å². The van der Waals surface area contributed by atoms with Crippen molar-refractivity contribution < 1.29 is 14.6 Å². The first-order valence-corrected chi connectivity index (χ1v) is 9.13. The molecule has 30 heavy (non-hydrogen) atoms. The fourth-order valence-electron chi connectivity index (χ4n) is 2.77. The van der Waals surface area contributed by atoms with Crippen LogP contribution in [0.4, 0.5) is 17.2 Å². The van der Waals surface area contributed by atoms with Crippen LogP contribution in [0, 0.1) is 27.2 Å². The number of non-ortho nitro benzene ring substituents is 1. The number of rotatable bonds is 6. The van der Waals surface area contributed by atoms with Crippen molar-refractivity contribution in [3.8, 4) is 0 Å². The molecule has 0 bridgehead atoms. The van der Waals surface area contributed by atoms with Crippen LogP contribution in [0.15, 0.2) is 42.6 Å². The Morgan fingerprint density at radius 3 is 2.50 bits per heavy atom. The molecule has 1 aromatic heterocycles. The van der Waals surface area contributed by atoms with Crippen molar-refractivity contribution in [2.24, 2.45) is 0 Å². The highest BCUT2D eigenvalue weighted by atomic mass is 35.5. The van der Waals surface area contributed by atoms with Crippen molar-refractivity contribution in [1.29, 1.82) is 0 Å². The SMILES string of the molecule is Cc1c(C(=O)Nc2ccnn2Cc2ccc(Cl)cc2Cl)cc([N+](=O)[O-])cc1[N+](=O)[O-]. The minimum atomic E-state index is -0.796. The minimum Gasteiger partial charge on any atom is -0.307 e. The fourth-order valence-corrected chi connectivity index (χ4v) is 3.24. The van der Waals surface area contributed by atoms with Crippen molar-refractivity contribution in [1.82, 2.24) is 9.78 Å². The lowest BCUT2D eigenvalue weighted by Crippen LogP contribution is -2.18. The van der Waals surface area contributed by atoms with Crippen LogP contribution in [0.2, 0.25) is 10.0 Å². The number of aromatic nitrogens is 2. The molecule has 154 valence electrons. The summed E-state index contributed by atoms with van der Waals surface area (Å²) in [6.45, 7) is 1.56. The Bertz CT molecular complexity index is 1180. The molecule has 3 rings (SSSR count). The zero-order valence-corrected chi connectivity index (χ0v) is 16.8. The monoisotopic (exact) mass is 449 g/mol. The van der Waals surface area contributed by atoms with Gasteiger partial charge in [0.2, 0.25) is 0 Å². The summed E-state index contributed by atoms with van der Waals surface area (Å²) in [5, 5.41) is 29.9. The highest BCUT2D eigenvalue weighted by Gasteiger charge is 2.25. The van der Waals surface area contributed by atoms with Crippen LogP contribution in [0.1, 0.15) is 21.5 Å². The Morgan fingerprint density at radius 2 is 1.87 bits per heavy atom. The summed E-state index contributed by atoms with van der Waals surface area (Å²) < 4.78 is 1.45. The number of nitro benzene ring substituents is 2. The number of benzene rings is 2. The maximum absolute atomic E-state index is 12.8. The van der Waals surface area contributed by atoms with Gasteiger partial charge in [0.05, 0.1) is 34.2 Å². The van der Waals surface area contributed by atoms with Crippen molar-refractivity contribution in [3.05, 3.63) is 89.6 Å². The summed E-state index contributed by atoms with van der Waals surface area (Å²) in [5.74, 6) is -0.470. The molecule has 0 saturated carbocycles. The molecule has 1 heterocycles. The zero-order valence-electron chi connectivity index (χ0n) is 15.3. The van der Waals surface area contributed by atoms with E-state index in [2.05, 4.69) is 10.4 Å². The van der Waals surface area contributed by atoms with Crippen molar-refractivity contribution >= 4 is 46.3 Å². The molecule has 12 heteroatoms. The van der Waals surface area contributed by atoms with E-state index in [1.165, 1.54) is 23.9 Å². The highest BCUT2D eigenvalue weighted by Crippen LogP contribution is 2.29. The van der Waals surface area contributed by atoms with Gasteiger partial charge in [-0.05, 0) is 24.6 Å². The summed E-state index contributed by atoms with van der Waals surface area (Å²) in [5.41, 5.74) is -0.555. The summed E-state index contributed by atoms with van der Waals surface area (Å²) >= 11 is 12.1. The molecule has 0 radical (unpaired) electrons. The van der Waals surface area contributed by atoms with Gasteiger partial charge in [-0.1, -0.05) is 29.3 Å². The van der Waals surface area contributed by atoms with Crippen LogP contribution in [0.3, 0.4) is 0 Å². The van der Waals surface area contributed by atoms with Gasteiger partial charge in [0.25, 0.3) is 17.3 Å². The second-order valence-electron chi connectivity index (χ2n) is 6.22. The number of nitrogens with zero attached hydrogens (tertiary/aromatic N) is 4. The molecular formula is C18H13Cl2N5O5. The first-order valence-electron chi connectivity index (χ1n) is 8.38. The third-order valence-corrected chi connectivity index (χ3v) is 4.90. The zero-order chi connectivity index (χ0) is 22.0. The van der Waals surface area contributed by atoms with Crippen molar-refractivity contribution in [2.45, 2.75) is 13.5 Å². The van der Waals surface area contributed by atoms with E-state index in [4.69, 9.17) is 23.2 Å². The predicted molar refractivity (Wildman–Crippen MR) is 110 cm³/mol. The number of carbonyl (C=O) groups is 1. The summed E-state index contributed by atoms with van der Waals surface area (Å²) in [7, 11) is 0. The minimum absolute atomic E-state index is 0.00918. The third-order valence-electron chi connectivity index (χ3n) is 4.31. The van der Waals surface area contributed by atoms with E-state index in [1.807, 2.05) is 0 Å². The van der Waals surface area contributed by atoms with E-state index in [0.717, 1.165) is 12.1 Å². The summed E-state index contributed by atoms with van der Waals surface area (Å²) in [4.78, 5) is 33.5. The molecule has 0 aliphatic rings. The summed E-state index contributed by atoms with van der Waals surface area (Å²) in [6.07, 6.45) is 1.45. The maximum atomic E-state index is 12.8. The highest BCUT2D eigenvalue weighted by molar-refractivity contribution is 6.35. The van der Waals surface area contributed by atoms with Gasteiger partial charge in [0, 0.05) is 27.7 Å². The van der Waals surface area contributed by atoms with Crippen LogP contribution < -0.4 is 5.32 Å². The van der Waals surface area contributed by atoms with Crippen molar-refractivity contribution in [3.63, 3.8) is 0 Å². The lowest BCUT2D eigenvalue weighted by molar-refractivity contribution is -0.394. The van der Waals surface area contributed by atoms with E-state index in [-0.39, 0.29) is 23.5 Å². The lowest BCUT2D eigenvalue weighted by Gasteiger charge is -2.11. The summed E-state index contributed by atoms with van der Waals surface area (Å²) in [6, 6.07) is 8.28. The topological polar surface area (TPSA) is 133 Å². The average Bonchev–Trinajstić information content (AvgIpc) is 3.10. The molecule has 0 atom stereocenters. The van der Waals surface area contributed by atoms with Gasteiger partial charge in [-0.15, -0.1) is 0 Å². The van der Waals surface area contributed by atoms with Gasteiger partial charge in [0.15, 0.2) is 0 Å². The van der Waals surface area contributed by atoms with E-state index in [1.54, 1.807) is 18.2 Å². The second kappa shape index (κ2) is 8.47. The van der Waals surface area contributed by atoms with Gasteiger partial charge < -0.3 is 5.32 Å². The Kier molecular flexibility index (Phi) is 5.99. The molecule has 10 nitrogen and oxygen atoms in total. The number of anilines is 1. The van der Waals surface area contributed by atoms with E-state index < -0.39 is 27.1 Å². The quantitative estimate of drug-likeness (QED) is 0.431. The van der Waals surface area contributed by atoms with Gasteiger partial charge in [0.1, 0.15) is 5.82 Å². The average molecular weight is 450 g/mol. The first-order chi connectivity index (χ1) is 14.2. The third kappa shape index (κ3) is 4.39. The van der Waals surface area contributed by atoms with Gasteiger partial charge >= 0.3 is 0 Å². The van der Waals surface area contributed by atoms with E-state index >= 15 is 0 Å². The largest absolute Gasteiger partial charge is 0.307 e. The predicted octanol–water partition coefficient (Wildman–Crippen LogP) is 4.62. The number of carbonyl (C=O) groups excluding carboxylic acids is 1. The molecule has 0 saturated heterocycles. The number of nitrogens with one attached hydrogen (secondary N) is 1. The Hall–Kier alpha value is -3.50. The lowest BCUT2D eigenvalue weighted by atomic mass is 10.0. The Labute approximate surface area is 179 Å². The van der Waals surface area contributed by atoms with Crippen LogP contribution >= 0.6 is 23.2 Å². The number of hydrogen-bond acceptors (Lipinski definition) is 6. The van der Waals surface area contributed by atoms with Crippen LogP contribution in [-0.2, 0) is 6.54 Å². The number of halogens is 2. The molecule has 1 amide bonds. The molecular weight excluding hydrogens is 437 g/mol. The van der Waals surface area contributed by atoms with E-state index in [9.17, 15) is 25.0 Å². The number of hydrogen-bond donors (Lipinski definition) is 1. The molecule has 0 fully saturated rings. The molecule has 0 aliphatic heterocycles. The van der Waals surface area contributed by atoms with E-state index in [0.29, 0.717) is 15.6 Å². The fraction of sp³-hybridized carbons (Fsp3) is 0.111. The normalized spacial score (nSPS) is 10.6. The number of amides is 1. The molecule has 0 unspecified atom stereocenters. The number of nitro groups is 2. The molecule has 0 aliphatic carbocycles. The van der Waals surface area contributed by atoms with Gasteiger partial charge in [-0.3, -0.25) is 25.0 Å².